The summed E-state index contributed by atoms with van der Waals surface area (Å²) in [6.07, 6.45) is 8.95. The van der Waals surface area contributed by atoms with Crippen molar-refractivity contribution in [2.75, 3.05) is 13.1 Å². The number of likely N-dealkylation sites (tertiary alicyclic amines) is 1. The van der Waals surface area contributed by atoms with E-state index in [0.717, 1.165) is 71.7 Å². The van der Waals surface area contributed by atoms with E-state index in [0.29, 0.717) is 15.0 Å². The molecule has 9 heteroatoms. The molecule has 0 unspecified atom stereocenters. The van der Waals surface area contributed by atoms with Crippen LogP contribution in [0.25, 0.3) is 17.0 Å². The second-order valence-electron chi connectivity index (χ2n) is 9.69. The molecule has 1 aromatic heterocycles. The second kappa shape index (κ2) is 11.6. The average molecular weight is 571 g/mol. The van der Waals surface area contributed by atoms with Gasteiger partial charge in [-0.25, -0.2) is 0 Å². The highest BCUT2D eigenvalue weighted by molar-refractivity contribution is 8.18. The van der Waals surface area contributed by atoms with Gasteiger partial charge in [0.2, 0.25) is 5.91 Å². The lowest BCUT2D eigenvalue weighted by Crippen LogP contribution is -2.34. The summed E-state index contributed by atoms with van der Waals surface area (Å²) in [5.41, 5.74) is 3.68. The van der Waals surface area contributed by atoms with E-state index in [-0.39, 0.29) is 30.1 Å². The molecule has 2 saturated heterocycles. The number of rotatable bonds is 6. The van der Waals surface area contributed by atoms with Gasteiger partial charge in [-0.05, 0) is 60.4 Å². The van der Waals surface area contributed by atoms with Crippen LogP contribution < -0.4 is 0 Å². The third-order valence-electron chi connectivity index (χ3n) is 7.14. The molecule has 2 aliphatic rings. The Morgan fingerprint density at radius 1 is 1.03 bits per heavy atom. The van der Waals surface area contributed by atoms with E-state index < -0.39 is 0 Å². The number of imide groups is 1. The van der Waals surface area contributed by atoms with Crippen LogP contribution in [0.4, 0.5) is 4.79 Å². The average Bonchev–Trinajstić information content (AvgIpc) is 3.21. The standard InChI is InChI=1S/C29H29Cl2N3O3S/c1-2-20-8-7-9-22-21(17-33(27(20)22)18-26(35)32-12-5-3-4-6-13-32)15-25-28(36)34(29(37)38-25)16-19-10-11-23(30)24(31)14-19/h7-11,14-15,17H,2-6,12-13,16,18H2,1H3/b25-15-. The number of amides is 3. The number of hydrogen-bond donors (Lipinski definition) is 0. The molecule has 198 valence electrons. The number of thioether (sulfide) groups is 1. The minimum absolute atomic E-state index is 0.114. The third kappa shape index (κ3) is 5.51. The second-order valence-corrected chi connectivity index (χ2v) is 11.5. The van der Waals surface area contributed by atoms with Gasteiger partial charge in [0.1, 0.15) is 6.54 Å². The van der Waals surface area contributed by atoms with Crippen molar-refractivity contribution in [1.29, 1.82) is 0 Å². The van der Waals surface area contributed by atoms with Crippen LogP contribution in [0.2, 0.25) is 10.0 Å². The molecule has 0 atom stereocenters. The lowest BCUT2D eigenvalue weighted by Gasteiger charge is -2.21. The van der Waals surface area contributed by atoms with Crippen LogP contribution in [0.1, 0.15) is 49.3 Å². The number of hydrogen-bond acceptors (Lipinski definition) is 4. The van der Waals surface area contributed by atoms with Crippen LogP contribution in [0.15, 0.2) is 47.5 Å². The Kier molecular flexibility index (Phi) is 8.17. The highest BCUT2D eigenvalue weighted by Gasteiger charge is 2.35. The summed E-state index contributed by atoms with van der Waals surface area (Å²) in [6.45, 7) is 4.07. The lowest BCUT2D eigenvalue weighted by molar-refractivity contribution is -0.131. The number of halogens is 2. The molecule has 3 aromatic rings. The van der Waals surface area contributed by atoms with E-state index in [4.69, 9.17) is 23.2 Å². The molecule has 2 fully saturated rings. The summed E-state index contributed by atoms with van der Waals surface area (Å²) in [4.78, 5) is 42.8. The maximum absolute atomic E-state index is 13.2. The predicted molar refractivity (Wildman–Crippen MR) is 154 cm³/mol. The van der Waals surface area contributed by atoms with Gasteiger partial charge in [-0.2, -0.15) is 0 Å². The minimum Gasteiger partial charge on any atom is -0.341 e. The normalized spacial score (nSPS) is 17.6. The zero-order valence-electron chi connectivity index (χ0n) is 21.2. The van der Waals surface area contributed by atoms with Gasteiger partial charge >= 0.3 is 0 Å². The number of benzene rings is 2. The largest absolute Gasteiger partial charge is 0.341 e. The highest BCUT2D eigenvalue weighted by Crippen LogP contribution is 2.36. The fourth-order valence-electron chi connectivity index (χ4n) is 5.15. The SMILES string of the molecule is CCc1cccc2c(/C=C3\SC(=O)N(Cc4ccc(Cl)c(Cl)c4)C3=O)cn(CC(=O)N3CCCCCC3)c12. The minimum atomic E-state index is -0.348. The molecule has 0 N–H and O–H groups in total. The van der Waals surface area contributed by atoms with Gasteiger partial charge in [-0.3, -0.25) is 19.3 Å². The molecular weight excluding hydrogens is 541 g/mol. The van der Waals surface area contributed by atoms with Gasteiger partial charge in [-0.1, -0.05) is 67.2 Å². The summed E-state index contributed by atoms with van der Waals surface area (Å²) < 4.78 is 2.01. The zero-order chi connectivity index (χ0) is 26.8. The Hall–Kier alpha value is -2.74. The molecule has 3 amide bonds. The monoisotopic (exact) mass is 569 g/mol. The van der Waals surface area contributed by atoms with E-state index >= 15 is 0 Å². The predicted octanol–water partition coefficient (Wildman–Crippen LogP) is 7.15. The number of para-hydroxylation sites is 1. The number of nitrogens with zero attached hydrogens (tertiary/aromatic N) is 3. The summed E-state index contributed by atoms with van der Waals surface area (Å²) >= 11 is 13.0. The summed E-state index contributed by atoms with van der Waals surface area (Å²) in [7, 11) is 0. The first-order valence-electron chi connectivity index (χ1n) is 12.9. The number of aromatic nitrogens is 1. The van der Waals surface area contributed by atoms with Crippen LogP contribution in [0.5, 0.6) is 0 Å². The molecule has 3 heterocycles. The maximum Gasteiger partial charge on any atom is 0.293 e. The molecule has 38 heavy (non-hydrogen) atoms. The molecule has 0 aliphatic carbocycles. The number of carbonyl (C=O) groups is 3. The van der Waals surface area contributed by atoms with Gasteiger partial charge in [-0.15, -0.1) is 0 Å². The van der Waals surface area contributed by atoms with Crippen LogP contribution in [0.3, 0.4) is 0 Å². The fourth-order valence-corrected chi connectivity index (χ4v) is 6.30. The molecule has 5 rings (SSSR count). The van der Waals surface area contributed by atoms with E-state index in [1.165, 1.54) is 17.7 Å². The van der Waals surface area contributed by atoms with Gasteiger partial charge in [0, 0.05) is 30.2 Å². The molecule has 0 bridgehead atoms. The van der Waals surface area contributed by atoms with Crippen LogP contribution in [-0.4, -0.2) is 44.5 Å². The quantitative estimate of drug-likeness (QED) is 0.296. The van der Waals surface area contributed by atoms with Crippen molar-refractivity contribution in [1.82, 2.24) is 14.4 Å². The van der Waals surface area contributed by atoms with Crippen LogP contribution in [0, 0.1) is 0 Å². The summed E-state index contributed by atoms with van der Waals surface area (Å²) in [5, 5.41) is 1.42. The number of aryl methyl sites for hydroxylation is 1. The van der Waals surface area contributed by atoms with Crippen molar-refractivity contribution in [3.8, 4) is 0 Å². The zero-order valence-corrected chi connectivity index (χ0v) is 23.5. The molecular formula is C29H29Cl2N3O3S. The lowest BCUT2D eigenvalue weighted by atomic mass is 10.1. The maximum atomic E-state index is 13.2. The Bertz CT molecular complexity index is 1440. The van der Waals surface area contributed by atoms with Crippen molar-refractivity contribution in [2.24, 2.45) is 0 Å². The van der Waals surface area contributed by atoms with Gasteiger partial charge in [0.05, 0.1) is 27.0 Å². The molecule has 0 spiro atoms. The third-order valence-corrected chi connectivity index (χ3v) is 8.79. The Morgan fingerprint density at radius 2 is 1.79 bits per heavy atom. The van der Waals surface area contributed by atoms with E-state index in [2.05, 4.69) is 13.0 Å². The van der Waals surface area contributed by atoms with Crippen molar-refractivity contribution >= 4 is 69.0 Å². The Morgan fingerprint density at radius 3 is 2.50 bits per heavy atom. The Labute approximate surface area is 236 Å². The topological polar surface area (TPSA) is 62.6 Å². The molecule has 6 nitrogen and oxygen atoms in total. The van der Waals surface area contributed by atoms with E-state index in [9.17, 15) is 14.4 Å². The smallest absolute Gasteiger partial charge is 0.293 e. The molecule has 2 aliphatic heterocycles. The van der Waals surface area contributed by atoms with Crippen LogP contribution >= 0.6 is 35.0 Å². The summed E-state index contributed by atoms with van der Waals surface area (Å²) in [6, 6.07) is 11.1. The highest BCUT2D eigenvalue weighted by atomic mass is 35.5. The first kappa shape index (κ1) is 26.9. The van der Waals surface area contributed by atoms with Gasteiger partial charge < -0.3 is 9.47 Å². The number of fused-ring (bicyclic) bond motifs is 1. The molecule has 2 aromatic carbocycles. The van der Waals surface area contributed by atoms with Gasteiger partial charge in [0.15, 0.2) is 0 Å². The summed E-state index contributed by atoms with van der Waals surface area (Å²) in [5.74, 6) is -0.234. The van der Waals surface area contributed by atoms with Crippen LogP contribution in [-0.2, 0) is 29.1 Å². The van der Waals surface area contributed by atoms with Crippen molar-refractivity contribution < 1.29 is 14.4 Å². The molecule has 0 saturated carbocycles. The van der Waals surface area contributed by atoms with Crippen molar-refractivity contribution in [3.05, 3.63) is 74.2 Å². The van der Waals surface area contributed by atoms with Crippen molar-refractivity contribution in [2.45, 2.75) is 52.1 Å². The number of carbonyl (C=O) groups excluding carboxylic acids is 3. The fraction of sp³-hybridized carbons (Fsp3) is 0.345. The van der Waals surface area contributed by atoms with E-state index in [1.807, 2.05) is 27.8 Å². The van der Waals surface area contributed by atoms with E-state index in [1.54, 1.807) is 24.3 Å². The van der Waals surface area contributed by atoms with Gasteiger partial charge in [0.25, 0.3) is 11.1 Å². The van der Waals surface area contributed by atoms with Crippen molar-refractivity contribution in [3.63, 3.8) is 0 Å². The molecule has 0 radical (unpaired) electrons. The first-order chi connectivity index (χ1) is 18.4. The first-order valence-corrected chi connectivity index (χ1v) is 14.5. The Balaban J connectivity index is 1.45.